The number of nitriles is 1. The average Bonchev–Trinajstić information content (AvgIpc) is 2.84. The fourth-order valence-corrected chi connectivity index (χ4v) is 3.34. The van der Waals surface area contributed by atoms with E-state index in [4.69, 9.17) is 21.6 Å². The Hall–Kier alpha value is -4.42. The predicted octanol–water partition coefficient (Wildman–Crippen LogP) is 3.93. The summed E-state index contributed by atoms with van der Waals surface area (Å²) >= 11 is 5.97. The van der Waals surface area contributed by atoms with Crippen molar-refractivity contribution in [2.75, 3.05) is 5.32 Å². The highest BCUT2D eigenvalue weighted by Gasteiger charge is 2.13. The summed E-state index contributed by atoms with van der Waals surface area (Å²) in [5, 5.41) is 12.6. The van der Waals surface area contributed by atoms with Gasteiger partial charge in [-0.05, 0) is 48.9 Å². The number of benzene rings is 2. The SMILES string of the molecule is CCn1c(=O)nc(Nc2ccc(Oc3cncc(C#N)c3)cc2)n(Cc2ccc(Cl)cc2)c1=O. The van der Waals surface area contributed by atoms with Crippen molar-refractivity contribution in [2.45, 2.75) is 20.0 Å². The van der Waals surface area contributed by atoms with Gasteiger partial charge in [-0.15, -0.1) is 0 Å². The number of pyridine rings is 1. The molecular weight excluding hydrogens is 456 g/mol. The first-order chi connectivity index (χ1) is 16.5. The van der Waals surface area contributed by atoms with Crippen molar-refractivity contribution in [2.24, 2.45) is 0 Å². The van der Waals surface area contributed by atoms with Gasteiger partial charge in [0.1, 0.15) is 17.6 Å². The molecule has 0 fully saturated rings. The number of halogens is 1. The predicted molar refractivity (Wildman–Crippen MR) is 128 cm³/mol. The van der Waals surface area contributed by atoms with E-state index in [1.165, 1.54) is 17.0 Å². The molecule has 0 unspecified atom stereocenters. The number of hydrogen-bond donors (Lipinski definition) is 1. The molecule has 0 aliphatic heterocycles. The highest BCUT2D eigenvalue weighted by molar-refractivity contribution is 6.30. The Morgan fingerprint density at radius 2 is 1.76 bits per heavy atom. The van der Waals surface area contributed by atoms with E-state index in [0.29, 0.717) is 27.8 Å². The first-order valence-corrected chi connectivity index (χ1v) is 10.7. The van der Waals surface area contributed by atoms with Crippen LogP contribution in [0, 0.1) is 11.3 Å². The first-order valence-electron chi connectivity index (χ1n) is 10.3. The van der Waals surface area contributed by atoms with Gasteiger partial charge in [-0.3, -0.25) is 9.55 Å². The van der Waals surface area contributed by atoms with Crippen LogP contribution in [-0.2, 0) is 13.1 Å². The van der Waals surface area contributed by atoms with E-state index in [1.54, 1.807) is 49.4 Å². The Morgan fingerprint density at radius 3 is 2.44 bits per heavy atom. The fraction of sp³-hybridized carbons (Fsp3) is 0.125. The zero-order chi connectivity index (χ0) is 24.1. The number of rotatable bonds is 7. The Kier molecular flexibility index (Phi) is 6.71. The quantitative estimate of drug-likeness (QED) is 0.431. The van der Waals surface area contributed by atoms with E-state index in [2.05, 4.69) is 15.3 Å². The van der Waals surface area contributed by atoms with Crippen molar-refractivity contribution >= 4 is 23.2 Å². The lowest BCUT2D eigenvalue weighted by molar-refractivity contribution is 0.480. The van der Waals surface area contributed by atoms with Crippen molar-refractivity contribution in [3.8, 4) is 17.6 Å². The molecule has 0 amide bonds. The molecule has 1 N–H and O–H groups in total. The van der Waals surface area contributed by atoms with E-state index in [9.17, 15) is 9.59 Å². The third kappa shape index (κ3) is 5.14. The fourth-order valence-electron chi connectivity index (χ4n) is 3.22. The molecular formula is C24H19ClN6O3. The maximum Gasteiger partial charge on any atom is 0.354 e. The van der Waals surface area contributed by atoms with Crippen LogP contribution in [0.1, 0.15) is 18.1 Å². The minimum absolute atomic E-state index is 0.120. The van der Waals surface area contributed by atoms with Gasteiger partial charge in [0, 0.05) is 29.5 Å². The van der Waals surface area contributed by atoms with Gasteiger partial charge >= 0.3 is 11.4 Å². The van der Waals surface area contributed by atoms with E-state index in [-0.39, 0.29) is 19.0 Å². The molecule has 0 saturated carbocycles. The molecule has 0 aliphatic rings. The number of nitrogens with zero attached hydrogens (tertiary/aromatic N) is 5. The highest BCUT2D eigenvalue weighted by Crippen LogP contribution is 2.24. The van der Waals surface area contributed by atoms with Gasteiger partial charge in [0.25, 0.3) is 0 Å². The molecule has 9 nitrogen and oxygen atoms in total. The van der Waals surface area contributed by atoms with Crippen molar-refractivity contribution < 1.29 is 4.74 Å². The van der Waals surface area contributed by atoms with Crippen molar-refractivity contribution in [1.29, 1.82) is 5.26 Å². The lowest BCUT2D eigenvalue weighted by Crippen LogP contribution is -2.42. The summed E-state index contributed by atoms with van der Waals surface area (Å²) in [6.45, 7) is 2.12. The van der Waals surface area contributed by atoms with Crippen LogP contribution in [-0.4, -0.2) is 19.1 Å². The van der Waals surface area contributed by atoms with Crippen LogP contribution in [0.3, 0.4) is 0 Å². The summed E-state index contributed by atoms with van der Waals surface area (Å²) in [6.07, 6.45) is 2.96. The zero-order valence-electron chi connectivity index (χ0n) is 18.1. The van der Waals surface area contributed by atoms with Crippen LogP contribution < -0.4 is 21.4 Å². The van der Waals surface area contributed by atoms with E-state index >= 15 is 0 Å². The molecule has 0 saturated heterocycles. The van der Waals surface area contributed by atoms with E-state index < -0.39 is 11.4 Å². The normalized spacial score (nSPS) is 10.5. The Bertz CT molecular complexity index is 1470. The lowest BCUT2D eigenvalue weighted by atomic mass is 10.2. The highest BCUT2D eigenvalue weighted by atomic mass is 35.5. The van der Waals surface area contributed by atoms with Crippen LogP contribution >= 0.6 is 11.6 Å². The second kappa shape index (κ2) is 10.0. The largest absolute Gasteiger partial charge is 0.456 e. The van der Waals surface area contributed by atoms with Gasteiger partial charge in [-0.1, -0.05) is 23.7 Å². The molecule has 10 heteroatoms. The number of nitrogens with one attached hydrogen (secondary N) is 1. The second-order valence-corrected chi connectivity index (χ2v) is 7.67. The minimum atomic E-state index is -0.632. The van der Waals surface area contributed by atoms with Gasteiger partial charge in [0.15, 0.2) is 0 Å². The number of hydrogen-bond acceptors (Lipinski definition) is 7. The Morgan fingerprint density at radius 1 is 1.03 bits per heavy atom. The summed E-state index contributed by atoms with van der Waals surface area (Å²) < 4.78 is 8.20. The van der Waals surface area contributed by atoms with Crippen LogP contribution in [0.2, 0.25) is 5.02 Å². The van der Waals surface area contributed by atoms with Gasteiger partial charge in [0.05, 0.1) is 18.3 Å². The van der Waals surface area contributed by atoms with Crippen LogP contribution in [0.5, 0.6) is 11.5 Å². The number of ether oxygens (including phenoxy) is 1. The minimum Gasteiger partial charge on any atom is -0.456 e. The number of aromatic nitrogens is 4. The molecule has 170 valence electrons. The smallest absolute Gasteiger partial charge is 0.354 e. The van der Waals surface area contributed by atoms with Gasteiger partial charge in [0.2, 0.25) is 5.95 Å². The van der Waals surface area contributed by atoms with Crippen molar-refractivity contribution in [3.63, 3.8) is 0 Å². The summed E-state index contributed by atoms with van der Waals surface area (Å²) in [4.78, 5) is 33.4. The third-order valence-corrected chi connectivity index (χ3v) is 5.16. The Labute approximate surface area is 199 Å². The molecule has 0 aliphatic carbocycles. The Balaban J connectivity index is 1.61. The summed E-state index contributed by atoms with van der Waals surface area (Å²) in [5.41, 5.74) is 0.718. The van der Waals surface area contributed by atoms with Crippen LogP contribution in [0.25, 0.3) is 0 Å². The molecule has 4 aromatic rings. The second-order valence-electron chi connectivity index (χ2n) is 7.23. The summed E-state index contributed by atoms with van der Waals surface area (Å²) in [7, 11) is 0. The molecule has 4 rings (SSSR count). The van der Waals surface area contributed by atoms with E-state index in [1.807, 2.05) is 18.2 Å². The van der Waals surface area contributed by atoms with Gasteiger partial charge < -0.3 is 10.1 Å². The monoisotopic (exact) mass is 474 g/mol. The maximum atomic E-state index is 13.0. The number of anilines is 2. The molecule has 0 spiro atoms. The first kappa shape index (κ1) is 22.8. The standard InChI is InChI=1S/C24H19ClN6O3/c1-2-30-23(32)29-22(31(24(30)33)15-16-3-5-18(25)6-4-16)28-19-7-9-20(10-8-19)34-21-11-17(12-26)13-27-14-21/h3-11,13-14H,2,15H2,1H3,(H,28,29,32). The molecule has 2 aromatic heterocycles. The average molecular weight is 475 g/mol. The van der Waals surface area contributed by atoms with E-state index in [0.717, 1.165) is 10.1 Å². The zero-order valence-corrected chi connectivity index (χ0v) is 18.9. The molecule has 2 heterocycles. The molecule has 34 heavy (non-hydrogen) atoms. The molecule has 2 aromatic carbocycles. The summed E-state index contributed by atoms with van der Waals surface area (Å²) in [5.74, 6) is 1.07. The van der Waals surface area contributed by atoms with Crippen LogP contribution in [0.15, 0.2) is 76.6 Å². The molecule has 0 bridgehead atoms. The summed E-state index contributed by atoms with van der Waals surface area (Å²) in [6, 6.07) is 17.5. The molecule has 0 atom stereocenters. The van der Waals surface area contributed by atoms with Gasteiger partial charge in [-0.25, -0.2) is 14.2 Å². The molecule has 0 radical (unpaired) electrons. The van der Waals surface area contributed by atoms with Crippen molar-refractivity contribution in [3.05, 3.63) is 104 Å². The lowest BCUT2D eigenvalue weighted by Gasteiger charge is -2.15. The van der Waals surface area contributed by atoms with Crippen molar-refractivity contribution in [1.82, 2.24) is 19.1 Å². The topological polar surface area (TPSA) is 115 Å². The van der Waals surface area contributed by atoms with Gasteiger partial charge in [-0.2, -0.15) is 10.2 Å². The van der Waals surface area contributed by atoms with Crippen LogP contribution in [0.4, 0.5) is 11.6 Å². The maximum absolute atomic E-state index is 13.0. The third-order valence-electron chi connectivity index (χ3n) is 4.91.